The minimum absolute atomic E-state index is 0.186. The van der Waals surface area contributed by atoms with E-state index in [-0.39, 0.29) is 6.04 Å². The smallest absolute Gasteiger partial charge is 0.206 e. The van der Waals surface area contributed by atoms with Gasteiger partial charge in [-0.1, -0.05) is 18.3 Å². The number of anilines is 1. The highest BCUT2D eigenvalue weighted by molar-refractivity contribution is 7.15. The lowest BCUT2D eigenvalue weighted by Crippen LogP contribution is -2.11. The van der Waals surface area contributed by atoms with Crippen LogP contribution in [-0.4, -0.2) is 15.2 Å². The maximum atomic E-state index is 4.55. The number of pyridine rings is 1. The highest BCUT2D eigenvalue weighted by atomic mass is 32.1. The molecule has 0 amide bonds. The number of nitrogens with one attached hydrogen (secondary N) is 1. The summed E-state index contributed by atoms with van der Waals surface area (Å²) < 4.78 is 0. The Labute approximate surface area is 118 Å². The van der Waals surface area contributed by atoms with Gasteiger partial charge in [-0.3, -0.25) is 4.98 Å². The molecule has 102 valence electrons. The van der Waals surface area contributed by atoms with Gasteiger partial charge in [0.2, 0.25) is 5.13 Å². The molecule has 4 nitrogen and oxygen atoms in total. The van der Waals surface area contributed by atoms with Gasteiger partial charge in [-0.25, -0.2) is 0 Å². The Morgan fingerprint density at radius 1 is 1.26 bits per heavy atom. The minimum atomic E-state index is 0.186. The van der Waals surface area contributed by atoms with E-state index >= 15 is 0 Å². The monoisotopic (exact) mass is 276 g/mol. The second-order valence-corrected chi connectivity index (χ2v) is 5.86. The van der Waals surface area contributed by atoms with Gasteiger partial charge in [0, 0.05) is 11.4 Å². The molecular formula is C14H20N4S. The zero-order valence-electron chi connectivity index (χ0n) is 12.1. The van der Waals surface area contributed by atoms with Crippen molar-refractivity contribution < 1.29 is 0 Å². The van der Waals surface area contributed by atoms with Crippen LogP contribution in [0.2, 0.25) is 0 Å². The topological polar surface area (TPSA) is 50.7 Å². The molecule has 0 saturated heterocycles. The zero-order valence-corrected chi connectivity index (χ0v) is 12.9. The molecule has 0 aromatic carbocycles. The van der Waals surface area contributed by atoms with Crippen molar-refractivity contribution in [3.63, 3.8) is 0 Å². The van der Waals surface area contributed by atoms with Crippen LogP contribution in [0.1, 0.15) is 47.4 Å². The van der Waals surface area contributed by atoms with E-state index < -0.39 is 0 Å². The van der Waals surface area contributed by atoms with Crippen LogP contribution >= 0.6 is 11.3 Å². The SMILES string of the molecule is CCc1nnc(NC(C)c2c(C)cc(C)nc2C)s1. The van der Waals surface area contributed by atoms with E-state index in [2.05, 4.69) is 54.3 Å². The van der Waals surface area contributed by atoms with Gasteiger partial charge in [-0.2, -0.15) is 0 Å². The molecule has 1 atom stereocenters. The van der Waals surface area contributed by atoms with Crippen LogP contribution in [0, 0.1) is 20.8 Å². The molecule has 0 spiro atoms. The molecule has 0 aliphatic carbocycles. The number of aryl methyl sites for hydroxylation is 4. The highest BCUT2D eigenvalue weighted by Crippen LogP contribution is 2.26. The number of nitrogens with zero attached hydrogens (tertiary/aromatic N) is 3. The summed E-state index contributed by atoms with van der Waals surface area (Å²) in [6.07, 6.45) is 0.928. The third-order valence-corrected chi connectivity index (χ3v) is 4.13. The molecule has 2 heterocycles. The van der Waals surface area contributed by atoms with Gasteiger partial charge in [0.1, 0.15) is 5.01 Å². The Hall–Kier alpha value is -1.49. The fraction of sp³-hybridized carbons (Fsp3) is 0.500. The Balaban J connectivity index is 2.22. The van der Waals surface area contributed by atoms with Gasteiger partial charge < -0.3 is 5.32 Å². The molecule has 0 saturated carbocycles. The molecule has 0 aliphatic heterocycles. The first-order valence-corrected chi connectivity index (χ1v) is 7.36. The first-order valence-electron chi connectivity index (χ1n) is 6.55. The van der Waals surface area contributed by atoms with Crippen LogP contribution < -0.4 is 5.32 Å². The standard InChI is InChI=1S/C14H20N4S/c1-6-12-17-18-14(19-12)16-11(5)13-8(2)7-9(3)15-10(13)4/h7,11H,6H2,1-5H3,(H,16,18). The zero-order chi connectivity index (χ0) is 14.0. The Morgan fingerprint density at radius 3 is 2.58 bits per heavy atom. The third kappa shape index (κ3) is 3.10. The normalized spacial score (nSPS) is 12.5. The molecule has 0 aliphatic rings. The lowest BCUT2D eigenvalue weighted by molar-refractivity contribution is 0.834. The van der Waals surface area contributed by atoms with Crippen molar-refractivity contribution in [1.82, 2.24) is 15.2 Å². The Kier molecular flexibility index (Phi) is 4.14. The fourth-order valence-corrected chi connectivity index (χ4v) is 3.17. The number of aromatic nitrogens is 3. The first-order chi connectivity index (χ1) is 9.01. The van der Waals surface area contributed by atoms with Crippen LogP contribution in [-0.2, 0) is 6.42 Å². The number of hydrogen-bond donors (Lipinski definition) is 1. The van der Waals surface area contributed by atoms with Crippen molar-refractivity contribution in [3.05, 3.63) is 33.6 Å². The molecule has 1 N–H and O–H groups in total. The molecule has 2 rings (SSSR count). The number of rotatable bonds is 4. The summed E-state index contributed by atoms with van der Waals surface area (Å²) in [5.74, 6) is 0. The highest BCUT2D eigenvalue weighted by Gasteiger charge is 2.14. The van der Waals surface area contributed by atoms with Crippen LogP contribution in [0.3, 0.4) is 0 Å². The van der Waals surface area contributed by atoms with Gasteiger partial charge in [-0.15, -0.1) is 10.2 Å². The fourth-order valence-electron chi connectivity index (χ4n) is 2.40. The molecule has 1 unspecified atom stereocenters. The van der Waals surface area contributed by atoms with E-state index in [9.17, 15) is 0 Å². The van der Waals surface area contributed by atoms with E-state index in [1.54, 1.807) is 11.3 Å². The average molecular weight is 276 g/mol. The number of hydrogen-bond acceptors (Lipinski definition) is 5. The van der Waals surface area contributed by atoms with Crippen molar-refractivity contribution in [2.45, 2.75) is 47.1 Å². The van der Waals surface area contributed by atoms with Gasteiger partial charge >= 0.3 is 0 Å². The third-order valence-electron chi connectivity index (χ3n) is 3.13. The molecule has 0 bridgehead atoms. The van der Waals surface area contributed by atoms with Crippen LogP contribution in [0.15, 0.2) is 6.07 Å². The van der Waals surface area contributed by atoms with Gasteiger partial charge in [-0.05, 0) is 51.3 Å². The Morgan fingerprint density at radius 2 is 2.00 bits per heavy atom. The summed E-state index contributed by atoms with van der Waals surface area (Å²) in [4.78, 5) is 4.55. The summed E-state index contributed by atoms with van der Waals surface area (Å²) >= 11 is 1.62. The molecule has 2 aromatic heterocycles. The second-order valence-electron chi connectivity index (χ2n) is 4.80. The minimum Gasteiger partial charge on any atom is -0.353 e. The van der Waals surface area contributed by atoms with Crippen LogP contribution in [0.5, 0.6) is 0 Å². The van der Waals surface area contributed by atoms with Gasteiger partial charge in [0.15, 0.2) is 0 Å². The van der Waals surface area contributed by atoms with Crippen LogP contribution in [0.4, 0.5) is 5.13 Å². The quantitative estimate of drug-likeness (QED) is 0.927. The van der Waals surface area contributed by atoms with Crippen molar-refractivity contribution in [3.8, 4) is 0 Å². The predicted molar refractivity (Wildman–Crippen MR) is 79.8 cm³/mol. The molecular weight excluding hydrogens is 256 g/mol. The van der Waals surface area contributed by atoms with Crippen molar-refractivity contribution >= 4 is 16.5 Å². The molecule has 19 heavy (non-hydrogen) atoms. The van der Waals surface area contributed by atoms with Crippen LogP contribution in [0.25, 0.3) is 0 Å². The van der Waals surface area contributed by atoms with E-state index in [1.165, 1.54) is 11.1 Å². The van der Waals surface area contributed by atoms with Crippen molar-refractivity contribution in [1.29, 1.82) is 0 Å². The van der Waals surface area contributed by atoms with Gasteiger partial charge in [0.05, 0.1) is 6.04 Å². The first kappa shape index (κ1) is 13.9. The second kappa shape index (κ2) is 5.65. The lowest BCUT2D eigenvalue weighted by Gasteiger charge is -2.18. The van der Waals surface area contributed by atoms with Crippen molar-refractivity contribution in [2.24, 2.45) is 0 Å². The van der Waals surface area contributed by atoms with Gasteiger partial charge in [0.25, 0.3) is 0 Å². The maximum Gasteiger partial charge on any atom is 0.206 e. The average Bonchev–Trinajstić information content (AvgIpc) is 2.75. The lowest BCUT2D eigenvalue weighted by atomic mass is 10.0. The summed E-state index contributed by atoms with van der Waals surface area (Å²) in [5, 5.41) is 13.7. The van der Waals surface area contributed by atoms with E-state index in [1.807, 2.05) is 6.92 Å². The summed E-state index contributed by atoms with van der Waals surface area (Å²) in [6, 6.07) is 2.31. The van der Waals surface area contributed by atoms with Crippen molar-refractivity contribution in [2.75, 3.05) is 5.32 Å². The predicted octanol–water partition coefficient (Wildman–Crippen LogP) is 3.59. The molecule has 5 heteroatoms. The maximum absolute atomic E-state index is 4.55. The van der Waals surface area contributed by atoms with E-state index in [0.717, 1.165) is 27.9 Å². The summed E-state index contributed by atoms with van der Waals surface area (Å²) in [6.45, 7) is 10.4. The van der Waals surface area contributed by atoms with E-state index in [4.69, 9.17) is 0 Å². The largest absolute Gasteiger partial charge is 0.353 e. The molecule has 2 aromatic rings. The Bertz CT molecular complexity index is 554. The summed E-state index contributed by atoms with van der Waals surface area (Å²) in [7, 11) is 0. The van der Waals surface area contributed by atoms with E-state index in [0.29, 0.717) is 0 Å². The summed E-state index contributed by atoms with van der Waals surface area (Å²) in [5.41, 5.74) is 4.66. The molecule has 0 radical (unpaired) electrons. The molecule has 0 fully saturated rings.